The standard InChI is InChI=1S/C41H24N4S/c1-2-11-25(12-3-1)37-32-17-10-24-42-41(32)44-40(43-37)26-20-22-27(23-21-26)45-33-18-8-6-15-30(33)35-36-31-16-7-9-19-34(31)46-39(36)29-14-5-4-13-28(29)38(35)45/h1-24H. The Bertz CT molecular complexity index is 2790. The van der Waals surface area contributed by atoms with Crippen molar-refractivity contribution in [3.8, 4) is 28.3 Å². The van der Waals surface area contributed by atoms with E-state index in [2.05, 4.69) is 119 Å². The quantitative estimate of drug-likeness (QED) is 0.201. The molecule has 4 heterocycles. The van der Waals surface area contributed by atoms with Gasteiger partial charge in [0.2, 0.25) is 0 Å². The van der Waals surface area contributed by atoms with Crippen LogP contribution in [-0.2, 0) is 0 Å². The lowest BCUT2D eigenvalue weighted by Gasteiger charge is -2.12. The van der Waals surface area contributed by atoms with E-state index in [9.17, 15) is 0 Å². The molecule has 0 unspecified atom stereocenters. The molecule has 0 amide bonds. The van der Waals surface area contributed by atoms with Crippen LogP contribution in [0.1, 0.15) is 0 Å². The number of hydrogen-bond acceptors (Lipinski definition) is 4. The van der Waals surface area contributed by atoms with Crippen molar-refractivity contribution in [2.75, 3.05) is 0 Å². The van der Waals surface area contributed by atoms with Gasteiger partial charge in [-0.05, 0) is 48.5 Å². The molecule has 0 saturated heterocycles. The fraction of sp³-hybridized carbons (Fsp3) is 0. The minimum atomic E-state index is 0.663. The third-order valence-electron chi connectivity index (χ3n) is 9.05. The van der Waals surface area contributed by atoms with Gasteiger partial charge in [0.25, 0.3) is 0 Å². The molecule has 0 aliphatic heterocycles. The van der Waals surface area contributed by atoms with Gasteiger partial charge in [-0.3, -0.25) is 0 Å². The largest absolute Gasteiger partial charge is 0.309 e. The van der Waals surface area contributed by atoms with E-state index >= 15 is 0 Å². The van der Waals surface area contributed by atoms with E-state index < -0.39 is 0 Å². The van der Waals surface area contributed by atoms with Gasteiger partial charge in [-0.25, -0.2) is 15.0 Å². The highest BCUT2D eigenvalue weighted by Gasteiger charge is 2.21. The van der Waals surface area contributed by atoms with E-state index in [-0.39, 0.29) is 0 Å². The van der Waals surface area contributed by atoms with Gasteiger partial charge in [-0.1, -0.05) is 91.0 Å². The molecule has 10 aromatic rings. The number of hydrogen-bond donors (Lipinski definition) is 0. The van der Waals surface area contributed by atoms with E-state index in [0.29, 0.717) is 11.5 Å². The molecule has 0 bridgehead atoms. The number of rotatable bonds is 3. The maximum absolute atomic E-state index is 5.08. The van der Waals surface area contributed by atoms with Crippen molar-refractivity contribution >= 4 is 75.1 Å². The molecule has 6 aromatic carbocycles. The van der Waals surface area contributed by atoms with Crippen LogP contribution in [0.5, 0.6) is 0 Å². The molecule has 0 spiro atoms. The number of fused-ring (bicyclic) bond motifs is 11. The van der Waals surface area contributed by atoms with Crippen LogP contribution in [0, 0.1) is 0 Å². The first kappa shape index (κ1) is 25.4. The van der Waals surface area contributed by atoms with Gasteiger partial charge in [0.05, 0.1) is 16.7 Å². The van der Waals surface area contributed by atoms with Crippen molar-refractivity contribution in [2.45, 2.75) is 0 Å². The Morgan fingerprint density at radius 3 is 2.04 bits per heavy atom. The number of thiophene rings is 1. The zero-order chi connectivity index (χ0) is 30.2. The molecule has 0 saturated carbocycles. The molecule has 0 aliphatic rings. The van der Waals surface area contributed by atoms with E-state index in [4.69, 9.17) is 9.97 Å². The lowest BCUT2D eigenvalue weighted by molar-refractivity contribution is 1.17. The molecule has 0 atom stereocenters. The Morgan fingerprint density at radius 1 is 0.500 bits per heavy atom. The highest BCUT2D eigenvalue weighted by Crippen LogP contribution is 2.47. The number of pyridine rings is 1. The molecule has 46 heavy (non-hydrogen) atoms. The summed E-state index contributed by atoms with van der Waals surface area (Å²) in [4.78, 5) is 14.6. The fourth-order valence-electron chi connectivity index (χ4n) is 7.05. The molecule has 4 nitrogen and oxygen atoms in total. The number of nitrogens with zero attached hydrogens (tertiary/aromatic N) is 4. The number of benzene rings is 6. The predicted octanol–water partition coefficient (Wildman–Crippen LogP) is 11.0. The van der Waals surface area contributed by atoms with Crippen LogP contribution in [0.25, 0.3) is 92.1 Å². The summed E-state index contributed by atoms with van der Waals surface area (Å²) in [6.45, 7) is 0. The molecule has 0 fully saturated rings. The molecule has 10 rings (SSSR count). The van der Waals surface area contributed by atoms with Crippen LogP contribution in [0.15, 0.2) is 146 Å². The fourth-order valence-corrected chi connectivity index (χ4v) is 8.30. The van der Waals surface area contributed by atoms with E-state index in [1.165, 1.54) is 52.8 Å². The molecular weight excluding hydrogens is 581 g/mol. The van der Waals surface area contributed by atoms with Crippen molar-refractivity contribution in [3.05, 3.63) is 146 Å². The third kappa shape index (κ3) is 3.63. The summed E-state index contributed by atoms with van der Waals surface area (Å²) in [5, 5.41) is 8.71. The van der Waals surface area contributed by atoms with Crippen LogP contribution in [0.4, 0.5) is 0 Å². The van der Waals surface area contributed by atoms with Crippen LogP contribution in [-0.4, -0.2) is 19.5 Å². The topological polar surface area (TPSA) is 43.6 Å². The van der Waals surface area contributed by atoms with Gasteiger partial charge in [0.1, 0.15) is 0 Å². The van der Waals surface area contributed by atoms with Gasteiger partial charge in [0.15, 0.2) is 11.5 Å². The molecule has 0 aliphatic carbocycles. The van der Waals surface area contributed by atoms with Gasteiger partial charge >= 0.3 is 0 Å². The van der Waals surface area contributed by atoms with E-state index in [1.54, 1.807) is 6.20 Å². The lowest BCUT2D eigenvalue weighted by atomic mass is 10.00. The third-order valence-corrected chi connectivity index (χ3v) is 10.3. The summed E-state index contributed by atoms with van der Waals surface area (Å²) in [5.41, 5.74) is 7.10. The number of aromatic nitrogens is 4. The van der Waals surface area contributed by atoms with E-state index in [0.717, 1.165) is 27.9 Å². The smallest absolute Gasteiger partial charge is 0.163 e. The summed E-state index contributed by atoms with van der Waals surface area (Å²) in [6, 6.07) is 49.4. The first-order chi connectivity index (χ1) is 22.8. The maximum Gasteiger partial charge on any atom is 0.163 e. The second-order valence-electron chi connectivity index (χ2n) is 11.6. The molecule has 214 valence electrons. The molecule has 4 aromatic heterocycles. The average Bonchev–Trinajstić information content (AvgIpc) is 3.68. The van der Waals surface area contributed by atoms with Gasteiger partial charge < -0.3 is 4.57 Å². The molecular formula is C41H24N4S. The van der Waals surface area contributed by atoms with Crippen LogP contribution < -0.4 is 0 Å². The summed E-state index contributed by atoms with van der Waals surface area (Å²) < 4.78 is 5.09. The maximum atomic E-state index is 5.08. The highest BCUT2D eigenvalue weighted by atomic mass is 32.1. The predicted molar refractivity (Wildman–Crippen MR) is 193 cm³/mol. The van der Waals surface area contributed by atoms with Crippen molar-refractivity contribution in [3.63, 3.8) is 0 Å². The Morgan fingerprint density at radius 2 is 1.20 bits per heavy atom. The Balaban J connectivity index is 1.24. The normalized spacial score (nSPS) is 11.9. The second-order valence-corrected chi connectivity index (χ2v) is 12.7. The zero-order valence-electron chi connectivity index (χ0n) is 24.6. The van der Waals surface area contributed by atoms with Crippen molar-refractivity contribution in [2.24, 2.45) is 0 Å². The number of para-hydroxylation sites is 1. The van der Waals surface area contributed by atoms with Gasteiger partial charge in [-0.2, -0.15) is 0 Å². The summed E-state index contributed by atoms with van der Waals surface area (Å²) in [7, 11) is 0. The van der Waals surface area contributed by atoms with Gasteiger partial charge in [-0.15, -0.1) is 11.3 Å². The highest BCUT2D eigenvalue weighted by molar-refractivity contribution is 7.27. The van der Waals surface area contributed by atoms with Crippen molar-refractivity contribution in [1.82, 2.24) is 19.5 Å². The molecule has 0 N–H and O–H groups in total. The Hall–Kier alpha value is -5.91. The van der Waals surface area contributed by atoms with Crippen molar-refractivity contribution < 1.29 is 0 Å². The molecule has 5 heteroatoms. The summed E-state index contributed by atoms with van der Waals surface area (Å²) >= 11 is 1.89. The first-order valence-corrected chi connectivity index (χ1v) is 16.2. The van der Waals surface area contributed by atoms with Crippen LogP contribution >= 0.6 is 11.3 Å². The zero-order valence-corrected chi connectivity index (χ0v) is 25.4. The monoisotopic (exact) mass is 604 g/mol. The minimum Gasteiger partial charge on any atom is -0.309 e. The Labute approximate surface area is 267 Å². The minimum absolute atomic E-state index is 0.663. The second kappa shape index (κ2) is 9.80. The first-order valence-electron chi connectivity index (χ1n) is 15.4. The average molecular weight is 605 g/mol. The SMILES string of the molecule is c1ccc(-c2nc(-c3ccc(-n4c5ccccc5c5c6c7ccccc7sc6c6ccccc6c54)cc3)nc3ncccc23)cc1. The summed E-state index contributed by atoms with van der Waals surface area (Å²) in [6.07, 6.45) is 1.79. The van der Waals surface area contributed by atoms with Crippen LogP contribution in [0.2, 0.25) is 0 Å². The van der Waals surface area contributed by atoms with E-state index in [1.807, 2.05) is 41.7 Å². The molecule has 0 radical (unpaired) electrons. The van der Waals surface area contributed by atoms with Gasteiger partial charge in [0, 0.05) is 70.1 Å². The lowest BCUT2D eigenvalue weighted by Crippen LogP contribution is -1.98. The van der Waals surface area contributed by atoms with Crippen LogP contribution in [0.3, 0.4) is 0 Å². The van der Waals surface area contributed by atoms with Crippen molar-refractivity contribution in [1.29, 1.82) is 0 Å². The Kier molecular flexibility index (Phi) is 5.41. The summed E-state index contributed by atoms with van der Waals surface area (Å²) in [5.74, 6) is 0.663.